The van der Waals surface area contributed by atoms with E-state index in [4.69, 9.17) is 5.73 Å². The predicted molar refractivity (Wildman–Crippen MR) is 118 cm³/mol. The summed E-state index contributed by atoms with van der Waals surface area (Å²) < 4.78 is 0. The number of aryl methyl sites for hydroxylation is 1. The van der Waals surface area contributed by atoms with Gasteiger partial charge < -0.3 is 16.0 Å². The predicted octanol–water partition coefficient (Wildman–Crippen LogP) is 4.51. The van der Waals surface area contributed by atoms with Crippen molar-refractivity contribution in [3.8, 4) is 0 Å². The van der Waals surface area contributed by atoms with Gasteiger partial charge in [0.15, 0.2) is 0 Å². The summed E-state index contributed by atoms with van der Waals surface area (Å²) in [7, 11) is 0. The van der Waals surface area contributed by atoms with Crippen LogP contribution < -0.4 is 16.0 Å². The highest BCUT2D eigenvalue weighted by molar-refractivity contribution is 6.06. The van der Waals surface area contributed by atoms with Gasteiger partial charge in [-0.2, -0.15) is 0 Å². The topological polar surface area (TPSA) is 75.4 Å². The summed E-state index contributed by atoms with van der Waals surface area (Å²) in [5.74, 6) is -0.139. The number of nitrogens with zero attached hydrogens (tertiary/aromatic N) is 1. The fraction of sp³-hybridized carbons (Fsp3) is 0.167. The van der Waals surface area contributed by atoms with Crippen LogP contribution in [0.3, 0.4) is 0 Å². The number of hydrogen-bond acceptors (Lipinski definition) is 3. The van der Waals surface area contributed by atoms with Crippen LogP contribution >= 0.6 is 0 Å². The Kier molecular flexibility index (Phi) is 6.63. The monoisotopic (exact) mass is 387 g/mol. The van der Waals surface area contributed by atoms with E-state index in [-0.39, 0.29) is 11.8 Å². The van der Waals surface area contributed by atoms with E-state index in [0.717, 1.165) is 11.3 Å². The Hall–Kier alpha value is -3.60. The van der Waals surface area contributed by atoms with Crippen molar-refractivity contribution in [1.82, 2.24) is 0 Å². The number of amides is 2. The molecule has 0 aliphatic carbocycles. The van der Waals surface area contributed by atoms with E-state index in [9.17, 15) is 9.59 Å². The van der Waals surface area contributed by atoms with Crippen LogP contribution in [-0.4, -0.2) is 18.4 Å². The first-order valence-corrected chi connectivity index (χ1v) is 9.68. The molecule has 2 amide bonds. The number of carbonyl (C=O) groups excluding carboxylic acids is 2. The smallest absolute Gasteiger partial charge is 0.258 e. The highest BCUT2D eigenvalue weighted by Crippen LogP contribution is 2.18. The number of rotatable bonds is 7. The van der Waals surface area contributed by atoms with E-state index in [1.807, 2.05) is 61.5 Å². The van der Waals surface area contributed by atoms with Crippen LogP contribution in [0, 0.1) is 0 Å². The molecule has 0 heterocycles. The van der Waals surface area contributed by atoms with Crippen LogP contribution in [0.25, 0.3) is 0 Å². The number of nitrogen functional groups attached to an aromatic ring is 1. The molecule has 3 aromatic rings. The molecule has 0 saturated carbocycles. The lowest BCUT2D eigenvalue weighted by molar-refractivity contribution is -0.116. The Bertz CT molecular complexity index is 952. The standard InChI is InChI=1S/C24H25N3O2/c1-2-27(22-6-4-3-5-7-22)24(29)19-11-15-21(16-12-19)26-23(28)17-10-18-8-13-20(25)14-9-18/h3-9,11-16H,2,10,17,25H2,1H3,(H,26,28). The Balaban J connectivity index is 1.58. The number of benzene rings is 3. The molecular weight excluding hydrogens is 362 g/mol. The zero-order chi connectivity index (χ0) is 20.6. The number of nitrogens with one attached hydrogen (secondary N) is 1. The Morgan fingerprint density at radius 2 is 1.55 bits per heavy atom. The van der Waals surface area contributed by atoms with Crippen molar-refractivity contribution in [3.63, 3.8) is 0 Å². The molecule has 148 valence electrons. The van der Waals surface area contributed by atoms with Crippen molar-refractivity contribution in [2.45, 2.75) is 19.8 Å². The summed E-state index contributed by atoms with van der Waals surface area (Å²) in [6.45, 7) is 2.52. The Labute approximate surface area is 171 Å². The van der Waals surface area contributed by atoms with Gasteiger partial charge in [0.1, 0.15) is 0 Å². The van der Waals surface area contributed by atoms with Crippen molar-refractivity contribution in [1.29, 1.82) is 0 Å². The highest BCUT2D eigenvalue weighted by atomic mass is 16.2. The molecule has 0 unspecified atom stereocenters. The lowest BCUT2D eigenvalue weighted by atomic mass is 10.1. The number of hydrogen-bond donors (Lipinski definition) is 2. The Morgan fingerprint density at radius 3 is 2.17 bits per heavy atom. The first-order chi connectivity index (χ1) is 14.1. The van der Waals surface area contributed by atoms with Crippen LogP contribution in [0.1, 0.15) is 29.3 Å². The lowest BCUT2D eigenvalue weighted by Crippen LogP contribution is -2.30. The van der Waals surface area contributed by atoms with Gasteiger partial charge in [0, 0.05) is 35.6 Å². The molecule has 29 heavy (non-hydrogen) atoms. The van der Waals surface area contributed by atoms with Crippen LogP contribution in [0.2, 0.25) is 0 Å². The minimum absolute atomic E-state index is 0.0691. The number of para-hydroxylation sites is 1. The van der Waals surface area contributed by atoms with Crippen molar-refractivity contribution >= 4 is 28.9 Å². The summed E-state index contributed by atoms with van der Waals surface area (Å²) in [4.78, 5) is 26.7. The first kappa shape index (κ1) is 20.1. The minimum atomic E-state index is -0.0695. The van der Waals surface area contributed by atoms with E-state index in [0.29, 0.717) is 36.3 Å². The van der Waals surface area contributed by atoms with Crippen LogP contribution in [0.5, 0.6) is 0 Å². The van der Waals surface area contributed by atoms with Crippen molar-refractivity contribution in [2.75, 3.05) is 22.5 Å². The van der Waals surface area contributed by atoms with Crippen LogP contribution in [-0.2, 0) is 11.2 Å². The molecule has 0 fully saturated rings. The van der Waals surface area contributed by atoms with Gasteiger partial charge in [-0.3, -0.25) is 9.59 Å². The molecule has 3 N–H and O–H groups in total. The van der Waals surface area contributed by atoms with Crippen molar-refractivity contribution < 1.29 is 9.59 Å². The average molecular weight is 387 g/mol. The quantitative estimate of drug-likeness (QED) is 0.586. The highest BCUT2D eigenvalue weighted by Gasteiger charge is 2.15. The molecule has 3 rings (SSSR count). The second kappa shape index (κ2) is 9.55. The van der Waals surface area contributed by atoms with E-state index in [1.165, 1.54) is 0 Å². The summed E-state index contributed by atoms with van der Waals surface area (Å²) in [6, 6.07) is 24.1. The van der Waals surface area contributed by atoms with E-state index < -0.39 is 0 Å². The Morgan fingerprint density at radius 1 is 0.897 bits per heavy atom. The molecular formula is C24H25N3O2. The number of carbonyl (C=O) groups is 2. The number of nitrogens with two attached hydrogens (primary N) is 1. The van der Waals surface area contributed by atoms with Gasteiger partial charge in [-0.15, -0.1) is 0 Å². The zero-order valence-corrected chi connectivity index (χ0v) is 16.5. The molecule has 0 spiro atoms. The van der Waals surface area contributed by atoms with Gasteiger partial charge in [-0.25, -0.2) is 0 Å². The second-order valence-corrected chi connectivity index (χ2v) is 6.75. The summed E-state index contributed by atoms with van der Waals surface area (Å²) >= 11 is 0. The molecule has 3 aromatic carbocycles. The van der Waals surface area contributed by atoms with E-state index >= 15 is 0 Å². The second-order valence-electron chi connectivity index (χ2n) is 6.75. The van der Waals surface area contributed by atoms with E-state index in [1.54, 1.807) is 29.2 Å². The maximum absolute atomic E-state index is 12.8. The third kappa shape index (κ3) is 5.45. The SMILES string of the molecule is CCN(C(=O)c1ccc(NC(=O)CCc2ccc(N)cc2)cc1)c1ccccc1. The largest absolute Gasteiger partial charge is 0.399 e. The molecule has 0 bridgehead atoms. The zero-order valence-electron chi connectivity index (χ0n) is 16.5. The lowest BCUT2D eigenvalue weighted by Gasteiger charge is -2.21. The minimum Gasteiger partial charge on any atom is -0.399 e. The molecule has 0 aliphatic heterocycles. The third-order valence-electron chi connectivity index (χ3n) is 4.67. The summed E-state index contributed by atoms with van der Waals surface area (Å²) in [5.41, 5.74) is 9.56. The molecule has 0 atom stereocenters. The number of anilines is 3. The van der Waals surface area contributed by atoms with Gasteiger partial charge in [0.05, 0.1) is 0 Å². The van der Waals surface area contributed by atoms with Gasteiger partial charge in [0.25, 0.3) is 5.91 Å². The van der Waals surface area contributed by atoms with Crippen molar-refractivity contribution in [2.24, 2.45) is 0 Å². The van der Waals surface area contributed by atoms with Gasteiger partial charge in [0.2, 0.25) is 5.91 Å². The maximum Gasteiger partial charge on any atom is 0.258 e. The molecule has 0 radical (unpaired) electrons. The normalized spacial score (nSPS) is 10.4. The third-order valence-corrected chi connectivity index (χ3v) is 4.67. The van der Waals surface area contributed by atoms with Gasteiger partial charge >= 0.3 is 0 Å². The molecule has 5 nitrogen and oxygen atoms in total. The molecule has 5 heteroatoms. The fourth-order valence-electron chi connectivity index (χ4n) is 3.07. The average Bonchev–Trinajstić information content (AvgIpc) is 2.75. The molecule has 0 aliphatic rings. The first-order valence-electron chi connectivity index (χ1n) is 9.68. The summed E-state index contributed by atoms with van der Waals surface area (Å²) in [5, 5.41) is 2.88. The molecule has 0 saturated heterocycles. The molecule has 0 aromatic heterocycles. The van der Waals surface area contributed by atoms with Gasteiger partial charge in [-0.1, -0.05) is 30.3 Å². The van der Waals surface area contributed by atoms with Crippen LogP contribution in [0.4, 0.5) is 17.1 Å². The summed E-state index contributed by atoms with van der Waals surface area (Å²) in [6.07, 6.45) is 1.02. The fourth-order valence-corrected chi connectivity index (χ4v) is 3.07. The van der Waals surface area contributed by atoms with Gasteiger partial charge in [-0.05, 0) is 67.4 Å². The maximum atomic E-state index is 12.8. The van der Waals surface area contributed by atoms with E-state index in [2.05, 4.69) is 5.32 Å². The van der Waals surface area contributed by atoms with Crippen LogP contribution in [0.15, 0.2) is 78.9 Å². The van der Waals surface area contributed by atoms with Crippen molar-refractivity contribution in [3.05, 3.63) is 90.0 Å².